The van der Waals surface area contributed by atoms with E-state index < -0.39 is 18.0 Å². The van der Waals surface area contributed by atoms with Crippen LogP contribution < -0.4 is 0 Å². The van der Waals surface area contributed by atoms with Crippen molar-refractivity contribution in [2.75, 3.05) is 13.6 Å². The number of nitrogens with zero attached hydrogens (tertiary/aromatic N) is 2. The Labute approximate surface area is 114 Å². The van der Waals surface area contributed by atoms with E-state index in [4.69, 9.17) is 0 Å². The number of aliphatic hydroxyl groups excluding tert-OH is 1. The number of halogens is 3. The highest BCUT2D eigenvalue weighted by atomic mass is 32.1. The number of hydrogen-bond acceptors (Lipinski definition) is 4. The summed E-state index contributed by atoms with van der Waals surface area (Å²) in [7, 11) is 1.74. The van der Waals surface area contributed by atoms with Crippen LogP contribution in [0.3, 0.4) is 0 Å². The van der Waals surface area contributed by atoms with Gasteiger partial charge in [-0.15, -0.1) is 17.9 Å². The fourth-order valence-corrected chi connectivity index (χ4v) is 2.45. The fraction of sp³-hybridized carbons (Fsp3) is 0.583. The minimum absolute atomic E-state index is 0.298. The van der Waals surface area contributed by atoms with Crippen LogP contribution in [0, 0.1) is 0 Å². The summed E-state index contributed by atoms with van der Waals surface area (Å²) in [5.74, 6) is 0. The largest absolute Gasteiger partial charge is 0.434 e. The van der Waals surface area contributed by atoms with Crippen molar-refractivity contribution in [1.29, 1.82) is 0 Å². The van der Waals surface area contributed by atoms with E-state index in [-0.39, 0.29) is 0 Å². The molecule has 3 nitrogen and oxygen atoms in total. The molecule has 0 fully saturated rings. The van der Waals surface area contributed by atoms with Crippen LogP contribution in [0.1, 0.15) is 23.5 Å². The summed E-state index contributed by atoms with van der Waals surface area (Å²) in [5, 5.41) is 11.1. The number of likely N-dealkylation sites (N-methyl/N-ethyl adjacent to an activating group) is 1. The van der Waals surface area contributed by atoms with Gasteiger partial charge in [0.05, 0.1) is 12.6 Å². The van der Waals surface area contributed by atoms with Crippen molar-refractivity contribution in [2.45, 2.75) is 31.7 Å². The van der Waals surface area contributed by atoms with Gasteiger partial charge in [-0.25, -0.2) is 4.98 Å². The van der Waals surface area contributed by atoms with Gasteiger partial charge < -0.3 is 5.11 Å². The Bertz CT molecular complexity index is 406. The highest BCUT2D eigenvalue weighted by Gasteiger charge is 2.33. The van der Waals surface area contributed by atoms with Gasteiger partial charge in [-0.1, -0.05) is 6.08 Å². The molecule has 1 heterocycles. The lowest BCUT2D eigenvalue weighted by molar-refractivity contribution is -0.140. The average Bonchev–Trinajstić information content (AvgIpc) is 2.74. The quantitative estimate of drug-likeness (QED) is 0.786. The number of hydrogen-bond donors (Lipinski definition) is 1. The normalized spacial score (nSPS) is 13.8. The van der Waals surface area contributed by atoms with Gasteiger partial charge in [0.1, 0.15) is 5.01 Å². The molecule has 108 valence electrons. The van der Waals surface area contributed by atoms with Crippen molar-refractivity contribution in [3.63, 3.8) is 0 Å². The minimum atomic E-state index is -4.39. The molecule has 1 rings (SSSR count). The topological polar surface area (TPSA) is 36.4 Å². The van der Waals surface area contributed by atoms with Gasteiger partial charge >= 0.3 is 6.18 Å². The minimum Gasteiger partial charge on any atom is -0.392 e. The number of thiazole rings is 1. The average molecular weight is 294 g/mol. The van der Waals surface area contributed by atoms with Gasteiger partial charge in [0, 0.05) is 11.9 Å². The standard InChI is InChI=1S/C12H17F3N2OS/c1-3-4-5-9(18)6-17(2)7-11-16-10(8-19-11)12(13,14)15/h3,8-9,18H,1,4-7H2,2H3. The van der Waals surface area contributed by atoms with E-state index in [1.54, 1.807) is 18.0 Å². The zero-order chi connectivity index (χ0) is 14.5. The monoisotopic (exact) mass is 294 g/mol. The van der Waals surface area contributed by atoms with E-state index in [0.717, 1.165) is 16.7 Å². The summed E-state index contributed by atoms with van der Waals surface area (Å²) in [6.45, 7) is 4.26. The van der Waals surface area contributed by atoms with Crippen LogP contribution in [0.15, 0.2) is 18.0 Å². The van der Waals surface area contributed by atoms with E-state index in [9.17, 15) is 18.3 Å². The van der Waals surface area contributed by atoms with Crippen LogP contribution in [-0.2, 0) is 12.7 Å². The van der Waals surface area contributed by atoms with Gasteiger partial charge in [-0.3, -0.25) is 4.90 Å². The Morgan fingerprint density at radius 3 is 2.79 bits per heavy atom. The lowest BCUT2D eigenvalue weighted by Gasteiger charge is -2.19. The van der Waals surface area contributed by atoms with Crippen LogP contribution >= 0.6 is 11.3 Å². The third kappa shape index (κ3) is 5.71. The third-order valence-corrected chi connectivity index (χ3v) is 3.31. The molecule has 1 unspecified atom stereocenters. The fourth-order valence-electron chi connectivity index (χ4n) is 1.57. The second kappa shape index (κ2) is 7.02. The molecule has 1 aromatic rings. The number of aliphatic hydroxyl groups is 1. The maximum Gasteiger partial charge on any atom is 0.434 e. The van der Waals surface area contributed by atoms with Crippen molar-refractivity contribution < 1.29 is 18.3 Å². The summed E-state index contributed by atoms with van der Waals surface area (Å²) < 4.78 is 37.1. The Kier molecular flexibility index (Phi) is 5.96. The molecule has 0 aromatic carbocycles. The Hall–Kier alpha value is -0.920. The molecular formula is C12H17F3N2OS. The third-order valence-electron chi connectivity index (χ3n) is 2.47. The summed E-state index contributed by atoms with van der Waals surface area (Å²) in [5.41, 5.74) is -0.854. The van der Waals surface area contributed by atoms with Crippen molar-refractivity contribution in [2.24, 2.45) is 0 Å². The van der Waals surface area contributed by atoms with Gasteiger partial charge in [0.15, 0.2) is 5.69 Å². The summed E-state index contributed by atoms with van der Waals surface area (Å²) in [6.07, 6.45) is -1.87. The number of alkyl halides is 3. The van der Waals surface area contributed by atoms with Crippen molar-refractivity contribution in [3.8, 4) is 0 Å². The van der Waals surface area contributed by atoms with E-state index in [0.29, 0.717) is 30.9 Å². The van der Waals surface area contributed by atoms with E-state index in [1.807, 2.05) is 0 Å². The second-order valence-corrected chi connectivity index (χ2v) is 5.28. The first-order chi connectivity index (χ1) is 8.82. The zero-order valence-corrected chi connectivity index (χ0v) is 11.5. The van der Waals surface area contributed by atoms with E-state index >= 15 is 0 Å². The molecule has 7 heteroatoms. The van der Waals surface area contributed by atoms with Crippen molar-refractivity contribution in [3.05, 3.63) is 28.7 Å². The lowest BCUT2D eigenvalue weighted by atomic mass is 10.2. The van der Waals surface area contributed by atoms with Crippen molar-refractivity contribution >= 4 is 11.3 Å². The van der Waals surface area contributed by atoms with Gasteiger partial charge in [0.25, 0.3) is 0 Å². The molecule has 0 aliphatic heterocycles. The molecule has 0 spiro atoms. The molecule has 19 heavy (non-hydrogen) atoms. The molecular weight excluding hydrogens is 277 g/mol. The molecule has 1 atom stereocenters. The van der Waals surface area contributed by atoms with Crippen LogP contribution in [0.2, 0.25) is 0 Å². The van der Waals surface area contributed by atoms with Gasteiger partial charge in [-0.2, -0.15) is 13.2 Å². The first kappa shape index (κ1) is 16.1. The molecule has 0 radical (unpaired) electrons. The highest BCUT2D eigenvalue weighted by Crippen LogP contribution is 2.30. The summed E-state index contributed by atoms with van der Waals surface area (Å²) in [4.78, 5) is 5.30. The van der Waals surface area contributed by atoms with E-state index in [2.05, 4.69) is 11.6 Å². The van der Waals surface area contributed by atoms with E-state index in [1.165, 1.54) is 0 Å². The predicted molar refractivity (Wildman–Crippen MR) is 68.9 cm³/mol. The lowest BCUT2D eigenvalue weighted by Crippen LogP contribution is -2.28. The molecule has 0 bridgehead atoms. The Morgan fingerprint density at radius 2 is 2.26 bits per heavy atom. The summed E-state index contributed by atoms with van der Waals surface area (Å²) in [6, 6.07) is 0. The second-order valence-electron chi connectivity index (χ2n) is 4.34. The Balaban J connectivity index is 2.46. The SMILES string of the molecule is C=CCCC(O)CN(C)Cc1nc(C(F)(F)F)cs1. The van der Waals surface area contributed by atoms with Gasteiger partial charge in [0.2, 0.25) is 0 Å². The van der Waals surface area contributed by atoms with Crippen molar-refractivity contribution in [1.82, 2.24) is 9.88 Å². The Morgan fingerprint density at radius 1 is 1.58 bits per heavy atom. The maximum atomic E-state index is 12.4. The molecule has 0 saturated carbocycles. The maximum absolute atomic E-state index is 12.4. The van der Waals surface area contributed by atoms with Gasteiger partial charge in [-0.05, 0) is 19.9 Å². The smallest absolute Gasteiger partial charge is 0.392 e. The first-order valence-corrected chi connectivity index (χ1v) is 6.70. The number of allylic oxidation sites excluding steroid dienone is 1. The molecule has 0 saturated heterocycles. The zero-order valence-electron chi connectivity index (χ0n) is 10.7. The molecule has 0 aliphatic rings. The molecule has 0 aliphatic carbocycles. The first-order valence-electron chi connectivity index (χ1n) is 5.82. The van der Waals surface area contributed by atoms with Crippen LogP contribution in [0.4, 0.5) is 13.2 Å². The predicted octanol–water partition coefficient (Wildman–Crippen LogP) is 2.92. The number of rotatable bonds is 7. The summed E-state index contributed by atoms with van der Waals surface area (Å²) >= 11 is 0.979. The molecule has 0 amide bonds. The number of aromatic nitrogens is 1. The van der Waals surface area contributed by atoms with Crippen LogP contribution in [0.25, 0.3) is 0 Å². The highest BCUT2D eigenvalue weighted by molar-refractivity contribution is 7.09. The van der Waals surface area contributed by atoms with Crippen LogP contribution in [0.5, 0.6) is 0 Å². The molecule has 1 N–H and O–H groups in total. The molecule has 1 aromatic heterocycles. The van der Waals surface area contributed by atoms with Crippen LogP contribution in [-0.4, -0.2) is 34.7 Å².